The lowest BCUT2D eigenvalue weighted by Gasteiger charge is -2.08. The van der Waals surface area contributed by atoms with Crippen LogP contribution in [0, 0.1) is 0 Å². The number of carbonyl (C=O) groups excluding carboxylic acids is 1. The van der Waals surface area contributed by atoms with Gasteiger partial charge in [0, 0.05) is 32.0 Å². The highest BCUT2D eigenvalue weighted by Crippen LogP contribution is 2.28. The van der Waals surface area contributed by atoms with Crippen LogP contribution in [0.25, 0.3) is 33.1 Å². The van der Waals surface area contributed by atoms with Crippen molar-refractivity contribution in [1.29, 1.82) is 0 Å². The van der Waals surface area contributed by atoms with Crippen molar-refractivity contribution in [2.75, 3.05) is 20.3 Å². The first-order valence-corrected chi connectivity index (χ1v) is 8.67. The van der Waals surface area contributed by atoms with E-state index >= 15 is 0 Å². The van der Waals surface area contributed by atoms with Crippen LogP contribution in [0.4, 0.5) is 0 Å². The first kappa shape index (κ1) is 16.5. The fourth-order valence-electron chi connectivity index (χ4n) is 3.20. The van der Waals surface area contributed by atoms with Crippen molar-refractivity contribution in [3.05, 3.63) is 48.5 Å². The van der Waals surface area contributed by atoms with Gasteiger partial charge in [-0.25, -0.2) is 9.97 Å². The summed E-state index contributed by atoms with van der Waals surface area (Å²) >= 11 is 0. The molecule has 2 heterocycles. The zero-order valence-electron chi connectivity index (χ0n) is 14.6. The molecular formula is C20H20N4O2. The molecule has 6 heteroatoms. The molecule has 4 aromatic rings. The average Bonchev–Trinajstić information content (AvgIpc) is 2.98. The molecule has 2 aromatic carbocycles. The van der Waals surface area contributed by atoms with Crippen molar-refractivity contribution < 1.29 is 9.53 Å². The standard InChI is InChI=1S/C20H20N4O2/c1-26-13-11-21-18(25)10-12-24-17-9-5-2-6-14(17)19-20(24)23-16-8-4-3-7-15(16)22-19/h2-9H,10-13H2,1H3,(H,21,25). The number of nitrogens with zero attached hydrogens (tertiary/aromatic N) is 3. The number of hydrogen-bond acceptors (Lipinski definition) is 4. The molecule has 2 aromatic heterocycles. The van der Waals surface area contributed by atoms with Gasteiger partial charge in [0.25, 0.3) is 0 Å². The molecular weight excluding hydrogens is 328 g/mol. The fraction of sp³-hybridized carbons (Fsp3) is 0.250. The van der Waals surface area contributed by atoms with Crippen molar-refractivity contribution >= 4 is 39.0 Å². The molecule has 0 spiro atoms. The fourth-order valence-corrected chi connectivity index (χ4v) is 3.20. The summed E-state index contributed by atoms with van der Waals surface area (Å²) in [6, 6.07) is 15.9. The second kappa shape index (κ2) is 7.09. The maximum Gasteiger partial charge on any atom is 0.221 e. The van der Waals surface area contributed by atoms with Gasteiger partial charge in [0.05, 0.1) is 23.2 Å². The number of hydrogen-bond donors (Lipinski definition) is 1. The Bertz CT molecular complexity index is 1090. The molecule has 0 fully saturated rings. The van der Waals surface area contributed by atoms with E-state index in [4.69, 9.17) is 14.7 Å². The third kappa shape index (κ3) is 2.99. The van der Waals surface area contributed by atoms with Crippen LogP contribution in [-0.2, 0) is 16.1 Å². The summed E-state index contributed by atoms with van der Waals surface area (Å²) in [5.74, 6) is 0.00160. The zero-order chi connectivity index (χ0) is 17.9. The predicted octanol–water partition coefficient (Wildman–Crippen LogP) is 2.89. The van der Waals surface area contributed by atoms with Gasteiger partial charge in [0.1, 0.15) is 5.52 Å². The van der Waals surface area contributed by atoms with Crippen molar-refractivity contribution in [2.24, 2.45) is 0 Å². The molecule has 26 heavy (non-hydrogen) atoms. The molecule has 0 atom stereocenters. The highest BCUT2D eigenvalue weighted by Gasteiger charge is 2.14. The normalized spacial score (nSPS) is 11.4. The van der Waals surface area contributed by atoms with E-state index in [2.05, 4.69) is 16.0 Å². The summed E-state index contributed by atoms with van der Waals surface area (Å²) in [5, 5.41) is 3.91. The lowest BCUT2D eigenvalue weighted by Crippen LogP contribution is -2.27. The summed E-state index contributed by atoms with van der Waals surface area (Å²) in [5.41, 5.74) is 4.46. The average molecular weight is 348 g/mol. The number of carbonyl (C=O) groups is 1. The number of benzene rings is 2. The Morgan fingerprint density at radius 2 is 1.81 bits per heavy atom. The monoisotopic (exact) mass is 348 g/mol. The SMILES string of the molecule is COCCNC(=O)CCn1c2ccccc2c2nc3ccccc3nc21. The van der Waals surface area contributed by atoms with Crippen molar-refractivity contribution in [2.45, 2.75) is 13.0 Å². The summed E-state index contributed by atoms with van der Waals surface area (Å²) in [4.78, 5) is 21.7. The molecule has 0 radical (unpaired) electrons. The topological polar surface area (TPSA) is 69.0 Å². The van der Waals surface area contributed by atoms with Crippen LogP contribution in [0.1, 0.15) is 6.42 Å². The smallest absolute Gasteiger partial charge is 0.221 e. The van der Waals surface area contributed by atoms with E-state index < -0.39 is 0 Å². The summed E-state index contributed by atoms with van der Waals surface area (Å²) < 4.78 is 7.04. The Kier molecular flexibility index (Phi) is 4.50. The molecule has 0 unspecified atom stereocenters. The zero-order valence-corrected chi connectivity index (χ0v) is 14.6. The molecule has 6 nitrogen and oxygen atoms in total. The molecule has 0 saturated carbocycles. The van der Waals surface area contributed by atoms with E-state index in [1.54, 1.807) is 7.11 Å². The quantitative estimate of drug-likeness (QED) is 0.544. The van der Waals surface area contributed by atoms with Crippen molar-refractivity contribution in [3.63, 3.8) is 0 Å². The highest BCUT2D eigenvalue weighted by molar-refractivity contribution is 6.06. The maximum absolute atomic E-state index is 12.1. The minimum atomic E-state index is 0.00160. The number of fused-ring (bicyclic) bond motifs is 4. The predicted molar refractivity (Wildman–Crippen MR) is 102 cm³/mol. The van der Waals surface area contributed by atoms with Crippen molar-refractivity contribution in [3.8, 4) is 0 Å². The van der Waals surface area contributed by atoms with E-state index in [1.807, 2.05) is 42.5 Å². The third-order valence-electron chi connectivity index (χ3n) is 4.45. The third-order valence-corrected chi connectivity index (χ3v) is 4.45. The maximum atomic E-state index is 12.1. The summed E-state index contributed by atoms with van der Waals surface area (Å²) in [6.07, 6.45) is 0.381. The van der Waals surface area contributed by atoms with Crippen molar-refractivity contribution in [1.82, 2.24) is 19.9 Å². The minimum Gasteiger partial charge on any atom is -0.383 e. The van der Waals surface area contributed by atoms with Gasteiger partial charge in [-0.2, -0.15) is 0 Å². The van der Waals surface area contributed by atoms with E-state index in [-0.39, 0.29) is 5.91 Å². The van der Waals surface area contributed by atoms with Gasteiger partial charge in [-0.3, -0.25) is 4.79 Å². The number of aromatic nitrogens is 3. The van der Waals surface area contributed by atoms with Gasteiger partial charge in [-0.05, 0) is 18.2 Å². The van der Waals surface area contributed by atoms with Gasteiger partial charge < -0.3 is 14.6 Å². The number of para-hydroxylation sites is 3. The molecule has 0 bridgehead atoms. The highest BCUT2D eigenvalue weighted by atomic mass is 16.5. The molecule has 0 aliphatic rings. The number of aryl methyl sites for hydroxylation is 1. The van der Waals surface area contributed by atoms with Crippen LogP contribution >= 0.6 is 0 Å². The van der Waals surface area contributed by atoms with Crippen LogP contribution < -0.4 is 5.32 Å². The van der Waals surface area contributed by atoms with E-state index in [0.717, 1.165) is 33.1 Å². The molecule has 0 aliphatic heterocycles. The first-order chi connectivity index (χ1) is 12.8. The summed E-state index contributed by atoms with van der Waals surface area (Å²) in [7, 11) is 1.62. The largest absolute Gasteiger partial charge is 0.383 e. The number of amides is 1. The summed E-state index contributed by atoms with van der Waals surface area (Å²) in [6.45, 7) is 1.58. The molecule has 0 saturated heterocycles. The van der Waals surface area contributed by atoms with Gasteiger partial charge in [0.15, 0.2) is 5.65 Å². The van der Waals surface area contributed by atoms with Crippen LogP contribution in [0.3, 0.4) is 0 Å². The molecule has 4 rings (SSSR count). The molecule has 1 N–H and O–H groups in total. The van der Waals surface area contributed by atoms with Gasteiger partial charge in [-0.15, -0.1) is 0 Å². The minimum absolute atomic E-state index is 0.00160. The number of rotatable bonds is 6. The first-order valence-electron chi connectivity index (χ1n) is 8.67. The van der Waals surface area contributed by atoms with Crippen LogP contribution in [0.2, 0.25) is 0 Å². The van der Waals surface area contributed by atoms with Gasteiger partial charge in [-0.1, -0.05) is 30.3 Å². The van der Waals surface area contributed by atoms with Crippen LogP contribution in [0.15, 0.2) is 48.5 Å². The Morgan fingerprint density at radius 3 is 2.62 bits per heavy atom. The van der Waals surface area contributed by atoms with E-state index in [9.17, 15) is 4.79 Å². The van der Waals surface area contributed by atoms with Gasteiger partial charge in [0.2, 0.25) is 5.91 Å². The van der Waals surface area contributed by atoms with Crippen LogP contribution in [-0.4, -0.2) is 40.7 Å². The van der Waals surface area contributed by atoms with E-state index in [1.165, 1.54) is 0 Å². The number of ether oxygens (including phenoxy) is 1. The Labute approximate surface area is 150 Å². The number of nitrogens with one attached hydrogen (secondary N) is 1. The number of methoxy groups -OCH3 is 1. The second-order valence-electron chi connectivity index (χ2n) is 6.15. The Morgan fingerprint density at radius 1 is 1.08 bits per heavy atom. The van der Waals surface area contributed by atoms with Crippen LogP contribution in [0.5, 0.6) is 0 Å². The molecule has 132 valence electrons. The second-order valence-corrected chi connectivity index (χ2v) is 6.15. The molecule has 0 aliphatic carbocycles. The molecule has 1 amide bonds. The van der Waals surface area contributed by atoms with E-state index in [0.29, 0.717) is 26.1 Å². The lowest BCUT2D eigenvalue weighted by molar-refractivity contribution is -0.121. The van der Waals surface area contributed by atoms with Gasteiger partial charge >= 0.3 is 0 Å². The Balaban J connectivity index is 1.74. The lowest BCUT2D eigenvalue weighted by atomic mass is 10.2. The Hall–Kier alpha value is -2.99.